The number of aromatic nitrogens is 5. The van der Waals surface area contributed by atoms with Crippen LogP contribution in [0.3, 0.4) is 0 Å². The normalized spacial score (nSPS) is 12.3. The van der Waals surface area contributed by atoms with Gasteiger partial charge >= 0.3 is 5.97 Å². The number of carboxylic acids is 1. The number of benzene rings is 4. The number of nitrogens with zero attached hydrogens (tertiary/aromatic N) is 4. The molecule has 3 aromatic heterocycles. The quantitative estimate of drug-likeness (QED) is 0.0888. The third kappa shape index (κ3) is 8.55. The summed E-state index contributed by atoms with van der Waals surface area (Å²) in [6, 6.07) is 36.4. The van der Waals surface area contributed by atoms with Crippen LogP contribution in [0.4, 0.5) is 0 Å². The fourth-order valence-corrected chi connectivity index (χ4v) is 6.73. The van der Waals surface area contributed by atoms with E-state index in [0.717, 1.165) is 16.7 Å². The molecule has 0 aliphatic carbocycles. The number of aliphatic carboxylic acids is 1. The van der Waals surface area contributed by atoms with Crippen LogP contribution in [-0.2, 0) is 32.8 Å². The van der Waals surface area contributed by atoms with Gasteiger partial charge in [0.2, 0.25) is 17.7 Å². The molecule has 0 bridgehead atoms. The summed E-state index contributed by atoms with van der Waals surface area (Å²) in [5.74, 6) is -3.17. The Morgan fingerprint density at radius 1 is 0.772 bits per heavy atom. The number of oxazole rings is 1. The SMILES string of the molecule is O=C(CNC(=O)[C@H](Cc1cnc[nH]1)NC(=O)c1coc(-c2ccccc2)n1)N[C@@H](Cc1cn(C(c2ccccc2)(c2ccccc2)c2ccccc2)cn1)C(=O)O. The molecule has 5 N–H and O–H groups in total. The fraction of sp³-hybridized carbons (Fsp3) is 0.140. The summed E-state index contributed by atoms with van der Waals surface area (Å²) in [6.45, 7) is -0.562. The van der Waals surface area contributed by atoms with Crippen LogP contribution in [-0.4, -0.2) is 71.9 Å². The van der Waals surface area contributed by atoms with Crippen LogP contribution >= 0.6 is 0 Å². The van der Waals surface area contributed by atoms with E-state index in [1.54, 1.807) is 24.7 Å². The highest BCUT2D eigenvalue weighted by Crippen LogP contribution is 2.40. The Bertz CT molecular complexity index is 2320. The van der Waals surface area contributed by atoms with Gasteiger partial charge < -0.3 is 35.0 Å². The minimum Gasteiger partial charge on any atom is -0.480 e. The van der Waals surface area contributed by atoms with Crippen LogP contribution in [0.1, 0.15) is 38.6 Å². The van der Waals surface area contributed by atoms with Crippen molar-refractivity contribution in [1.82, 2.24) is 40.5 Å². The average Bonchev–Trinajstić information content (AvgIpc) is 4.05. The first kappa shape index (κ1) is 37.7. The van der Waals surface area contributed by atoms with Crippen molar-refractivity contribution in [2.75, 3.05) is 6.54 Å². The van der Waals surface area contributed by atoms with Gasteiger partial charge in [0.1, 0.15) is 23.9 Å². The third-order valence-corrected chi connectivity index (χ3v) is 9.43. The van der Waals surface area contributed by atoms with E-state index in [2.05, 4.69) is 35.9 Å². The van der Waals surface area contributed by atoms with Crippen molar-refractivity contribution in [3.8, 4) is 11.5 Å². The van der Waals surface area contributed by atoms with Crippen molar-refractivity contribution in [1.29, 1.82) is 0 Å². The zero-order chi connectivity index (χ0) is 39.6. The monoisotopic (exact) mass is 762 g/mol. The summed E-state index contributed by atoms with van der Waals surface area (Å²) in [5.41, 5.74) is 3.62. The van der Waals surface area contributed by atoms with Gasteiger partial charge in [-0.2, -0.15) is 0 Å². The van der Waals surface area contributed by atoms with Gasteiger partial charge in [-0.25, -0.2) is 19.7 Å². The molecule has 0 aliphatic rings. The molecule has 14 heteroatoms. The van der Waals surface area contributed by atoms with Crippen LogP contribution in [0, 0.1) is 0 Å². The first-order valence-electron chi connectivity index (χ1n) is 18.1. The van der Waals surface area contributed by atoms with Gasteiger partial charge in [0, 0.05) is 36.5 Å². The molecule has 4 aromatic carbocycles. The first-order chi connectivity index (χ1) is 27.8. The number of nitrogens with one attached hydrogen (secondary N) is 4. The number of carboxylic acid groups (broad SMARTS) is 1. The number of aromatic amines is 1. The van der Waals surface area contributed by atoms with Crippen LogP contribution in [0.25, 0.3) is 11.5 Å². The largest absolute Gasteiger partial charge is 0.480 e. The number of carbonyl (C=O) groups is 4. The maximum atomic E-state index is 13.4. The Morgan fingerprint density at radius 2 is 1.37 bits per heavy atom. The minimum absolute atomic E-state index is 0.0133. The number of carbonyl (C=O) groups excluding carboxylic acids is 3. The molecule has 0 spiro atoms. The van der Waals surface area contributed by atoms with E-state index in [-0.39, 0.29) is 24.4 Å². The van der Waals surface area contributed by atoms with Crippen LogP contribution in [0.2, 0.25) is 0 Å². The van der Waals surface area contributed by atoms with Crippen molar-refractivity contribution < 1.29 is 28.7 Å². The summed E-state index contributed by atoms with van der Waals surface area (Å²) in [4.78, 5) is 67.9. The summed E-state index contributed by atoms with van der Waals surface area (Å²) in [7, 11) is 0. The highest BCUT2D eigenvalue weighted by molar-refractivity contribution is 5.97. The van der Waals surface area contributed by atoms with E-state index in [0.29, 0.717) is 17.0 Å². The second kappa shape index (κ2) is 17.2. The predicted molar refractivity (Wildman–Crippen MR) is 209 cm³/mol. The molecule has 14 nitrogen and oxygen atoms in total. The molecule has 3 amide bonds. The zero-order valence-corrected chi connectivity index (χ0v) is 30.5. The van der Waals surface area contributed by atoms with E-state index in [1.807, 2.05) is 114 Å². The van der Waals surface area contributed by atoms with Gasteiger partial charge in [0.15, 0.2) is 5.69 Å². The van der Waals surface area contributed by atoms with Crippen molar-refractivity contribution >= 4 is 23.7 Å². The Morgan fingerprint density at radius 3 is 1.93 bits per heavy atom. The maximum Gasteiger partial charge on any atom is 0.326 e. The predicted octanol–water partition coefficient (Wildman–Crippen LogP) is 4.37. The maximum absolute atomic E-state index is 13.4. The van der Waals surface area contributed by atoms with E-state index < -0.39 is 47.9 Å². The third-order valence-electron chi connectivity index (χ3n) is 9.43. The lowest BCUT2D eigenvalue weighted by atomic mass is 9.77. The summed E-state index contributed by atoms with van der Waals surface area (Å²) < 4.78 is 7.44. The molecule has 0 unspecified atom stereocenters. The highest BCUT2D eigenvalue weighted by Gasteiger charge is 2.38. The van der Waals surface area contributed by atoms with Gasteiger partial charge in [-0.05, 0) is 28.8 Å². The van der Waals surface area contributed by atoms with Gasteiger partial charge in [-0.1, -0.05) is 109 Å². The van der Waals surface area contributed by atoms with Crippen molar-refractivity contribution in [2.24, 2.45) is 0 Å². The van der Waals surface area contributed by atoms with E-state index >= 15 is 0 Å². The standard InChI is InChI=1S/C43H38N8O6/c52-38(24-45-39(53)35(21-33-23-44-27-46-33)49-40(54)37-26-57-41(50-37)29-13-5-1-6-14-29)48-36(42(55)56)22-34-25-51(28-47-34)43(30-15-7-2-8-16-30,31-17-9-3-10-18-31)32-19-11-4-12-20-32/h1-20,23,25-28,35-36H,21-22,24H2,(H,44,46)(H,45,53)(H,48,52)(H,49,54)(H,55,56)/t35-,36-/m0/s1. The molecule has 2 atom stereocenters. The zero-order valence-electron chi connectivity index (χ0n) is 30.5. The number of hydrogen-bond acceptors (Lipinski definition) is 8. The molecule has 0 aliphatic heterocycles. The smallest absolute Gasteiger partial charge is 0.326 e. The lowest BCUT2D eigenvalue weighted by Crippen LogP contribution is -2.52. The highest BCUT2D eigenvalue weighted by atomic mass is 16.4. The van der Waals surface area contributed by atoms with E-state index in [9.17, 15) is 24.3 Å². The molecule has 3 heterocycles. The molecule has 7 aromatic rings. The van der Waals surface area contributed by atoms with Gasteiger partial charge in [-0.15, -0.1) is 0 Å². The Hall–Kier alpha value is -7.61. The lowest BCUT2D eigenvalue weighted by Gasteiger charge is -2.37. The molecule has 57 heavy (non-hydrogen) atoms. The Labute approximate surface area is 327 Å². The average molecular weight is 763 g/mol. The van der Waals surface area contributed by atoms with Crippen LogP contribution in [0.15, 0.2) is 157 Å². The van der Waals surface area contributed by atoms with E-state index in [4.69, 9.17) is 4.42 Å². The number of amides is 3. The number of H-pyrrole nitrogens is 1. The minimum atomic E-state index is -1.37. The molecule has 286 valence electrons. The first-order valence-corrected chi connectivity index (χ1v) is 18.1. The summed E-state index contributed by atoms with van der Waals surface area (Å²) in [6.07, 6.45) is 7.46. The fourth-order valence-electron chi connectivity index (χ4n) is 6.73. The van der Waals surface area contributed by atoms with Crippen LogP contribution in [0.5, 0.6) is 0 Å². The molecular weight excluding hydrogens is 725 g/mol. The number of rotatable bonds is 16. The van der Waals surface area contributed by atoms with Crippen molar-refractivity contribution in [3.63, 3.8) is 0 Å². The summed E-state index contributed by atoms with van der Waals surface area (Å²) >= 11 is 0. The number of imidazole rings is 2. The van der Waals surface area contributed by atoms with Crippen LogP contribution < -0.4 is 16.0 Å². The number of hydrogen-bond donors (Lipinski definition) is 5. The molecule has 7 rings (SSSR count). The van der Waals surface area contributed by atoms with Gasteiger partial charge in [-0.3, -0.25) is 14.4 Å². The molecule has 0 saturated heterocycles. The Balaban J connectivity index is 1.05. The summed E-state index contributed by atoms with van der Waals surface area (Å²) in [5, 5.41) is 17.8. The van der Waals surface area contributed by atoms with Crippen molar-refractivity contribution in [3.05, 3.63) is 186 Å². The molecule has 0 fully saturated rings. The van der Waals surface area contributed by atoms with Gasteiger partial charge in [0.05, 0.1) is 24.9 Å². The van der Waals surface area contributed by atoms with Gasteiger partial charge in [0.25, 0.3) is 5.91 Å². The van der Waals surface area contributed by atoms with E-state index in [1.165, 1.54) is 18.8 Å². The molecular formula is C43H38N8O6. The lowest BCUT2D eigenvalue weighted by molar-refractivity contribution is -0.141. The molecule has 0 saturated carbocycles. The topological polar surface area (TPSA) is 197 Å². The molecule has 0 radical (unpaired) electrons. The second-order valence-corrected chi connectivity index (χ2v) is 13.2. The second-order valence-electron chi connectivity index (χ2n) is 13.2. The van der Waals surface area contributed by atoms with Crippen molar-refractivity contribution in [2.45, 2.75) is 30.5 Å². The Kier molecular flexibility index (Phi) is 11.4.